The van der Waals surface area contributed by atoms with Crippen LogP contribution < -0.4 is 4.74 Å². The molecule has 4 heteroatoms. The van der Waals surface area contributed by atoms with Crippen LogP contribution in [0.15, 0.2) is 59.4 Å². The summed E-state index contributed by atoms with van der Waals surface area (Å²) in [4.78, 5) is 7.02. The van der Waals surface area contributed by atoms with Crippen molar-refractivity contribution in [1.29, 1.82) is 0 Å². The van der Waals surface area contributed by atoms with Gasteiger partial charge in [0.15, 0.2) is 0 Å². The molecule has 1 saturated heterocycles. The van der Waals surface area contributed by atoms with Gasteiger partial charge in [-0.05, 0) is 74.8 Å². The molecule has 3 aromatic rings. The highest BCUT2D eigenvalue weighted by atomic mass is 32.1. The Kier molecular flexibility index (Phi) is 6.96. The summed E-state index contributed by atoms with van der Waals surface area (Å²) in [6, 6.07) is 17.4. The summed E-state index contributed by atoms with van der Waals surface area (Å²) in [5.74, 6) is 1.69. The molecule has 1 aliphatic rings. The minimum absolute atomic E-state index is 0.638. The van der Waals surface area contributed by atoms with Crippen LogP contribution in [0.4, 0.5) is 0 Å². The Labute approximate surface area is 178 Å². The van der Waals surface area contributed by atoms with Gasteiger partial charge in [-0.2, -0.15) is 0 Å². The van der Waals surface area contributed by atoms with Gasteiger partial charge < -0.3 is 9.64 Å². The van der Waals surface area contributed by atoms with Gasteiger partial charge in [0.25, 0.3) is 0 Å². The largest absolute Gasteiger partial charge is 0.496 e. The van der Waals surface area contributed by atoms with E-state index < -0.39 is 0 Å². The summed E-state index contributed by atoms with van der Waals surface area (Å²) in [7, 11) is 1.78. The normalized spacial score (nSPS) is 15.5. The molecule has 3 nitrogen and oxygen atoms in total. The first-order valence-electron chi connectivity index (χ1n) is 10.7. The number of nitrogens with zero attached hydrogens (tertiary/aromatic N) is 2. The van der Waals surface area contributed by atoms with Crippen molar-refractivity contribution >= 4 is 11.3 Å². The molecule has 0 radical (unpaired) electrons. The fourth-order valence-corrected chi connectivity index (χ4v) is 4.89. The number of piperidine rings is 1. The lowest BCUT2D eigenvalue weighted by atomic mass is 9.88. The Hall–Kier alpha value is -2.17. The maximum absolute atomic E-state index is 5.56. The number of thiazole rings is 1. The molecule has 1 fully saturated rings. The minimum Gasteiger partial charge on any atom is -0.496 e. The van der Waals surface area contributed by atoms with Gasteiger partial charge in [-0.15, -0.1) is 11.3 Å². The van der Waals surface area contributed by atoms with Gasteiger partial charge in [-0.1, -0.05) is 42.5 Å². The van der Waals surface area contributed by atoms with Crippen LogP contribution >= 0.6 is 11.3 Å². The zero-order valence-electron chi connectivity index (χ0n) is 17.2. The maximum Gasteiger partial charge on any atom is 0.122 e. The van der Waals surface area contributed by atoms with E-state index in [4.69, 9.17) is 4.74 Å². The zero-order valence-corrected chi connectivity index (χ0v) is 18.0. The molecule has 1 aromatic heterocycles. The Morgan fingerprint density at radius 3 is 2.55 bits per heavy atom. The average molecular weight is 407 g/mol. The predicted octanol–water partition coefficient (Wildman–Crippen LogP) is 6.02. The molecular formula is C25H30N2OS. The minimum atomic E-state index is 0.638. The quantitative estimate of drug-likeness (QED) is 0.428. The second-order valence-electron chi connectivity index (χ2n) is 7.89. The Morgan fingerprint density at radius 2 is 1.83 bits per heavy atom. The summed E-state index contributed by atoms with van der Waals surface area (Å²) >= 11 is 1.65. The molecule has 2 heterocycles. The van der Waals surface area contributed by atoms with Crippen molar-refractivity contribution in [2.75, 3.05) is 26.7 Å². The number of rotatable bonds is 8. The third-order valence-corrected chi connectivity index (χ3v) is 6.62. The van der Waals surface area contributed by atoms with Gasteiger partial charge in [0.2, 0.25) is 0 Å². The lowest BCUT2D eigenvalue weighted by molar-refractivity contribution is 0.207. The predicted molar refractivity (Wildman–Crippen MR) is 122 cm³/mol. The van der Waals surface area contributed by atoms with Gasteiger partial charge >= 0.3 is 0 Å². The lowest BCUT2D eigenvalue weighted by Gasteiger charge is -2.32. The van der Waals surface area contributed by atoms with Gasteiger partial charge in [0.1, 0.15) is 5.75 Å². The van der Waals surface area contributed by atoms with E-state index in [2.05, 4.69) is 63.8 Å². The molecule has 2 aromatic carbocycles. The van der Waals surface area contributed by atoms with Crippen LogP contribution in [-0.2, 0) is 6.42 Å². The van der Waals surface area contributed by atoms with Crippen molar-refractivity contribution in [2.45, 2.75) is 38.0 Å². The Bertz CT molecular complexity index is 868. The first kappa shape index (κ1) is 20.1. The van der Waals surface area contributed by atoms with E-state index in [0.717, 1.165) is 17.9 Å². The number of hydrogen-bond donors (Lipinski definition) is 0. The van der Waals surface area contributed by atoms with E-state index in [-0.39, 0.29) is 0 Å². The van der Waals surface area contributed by atoms with Crippen molar-refractivity contribution in [3.05, 3.63) is 70.5 Å². The molecule has 4 rings (SSSR count). The molecule has 152 valence electrons. The van der Waals surface area contributed by atoms with E-state index >= 15 is 0 Å². The molecule has 1 aliphatic heterocycles. The number of aromatic nitrogens is 1. The Morgan fingerprint density at radius 1 is 1.03 bits per heavy atom. The number of benzene rings is 2. The molecule has 0 saturated carbocycles. The van der Waals surface area contributed by atoms with Crippen LogP contribution in [0, 0.1) is 0 Å². The lowest BCUT2D eigenvalue weighted by Crippen LogP contribution is -2.33. The van der Waals surface area contributed by atoms with E-state index in [1.807, 2.05) is 5.51 Å². The summed E-state index contributed by atoms with van der Waals surface area (Å²) in [5, 5.41) is 2.10. The number of aryl methyl sites for hydroxylation is 1. The Balaban J connectivity index is 1.17. The summed E-state index contributed by atoms with van der Waals surface area (Å²) < 4.78 is 5.56. The standard InChI is InChI=1S/C25H30N2OS/c1-28-25-8-3-2-7-23(25)21-13-16-27(17-14-21)15-5-4-6-20-9-11-22(12-10-20)24-18-29-19-26-24/h2-3,7-12,18-19,21H,4-6,13-17H2,1H3. The number of unbranched alkanes of at least 4 members (excludes halogenated alkanes) is 1. The van der Waals surface area contributed by atoms with Crippen molar-refractivity contribution in [1.82, 2.24) is 9.88 Å². The average Bonchev–Trinajstić information content (AvgIpc) is 3.32. The monoisotopic (exact) mass is 406 g/mol. The number of methoxy groups -OCH3 is 1. The smallest absolute Gasteiger partial charge is 0.122 e. The second kappa shape index (κ2) is 10.0. The fourth-order valence-electron chi connectivity index (χ4n) is 4.33. The molecule has 29 heavy (non-hydrogen) atoms. The third kappa shape index (κ3) is 5.26. The van der Waals surface area contributed by atoms with Crippen molar-refractivity contribution in [2.24, 2.45) is 0 Å². The van der Waals surface area contributed by atoms with Crippen LogP contribution in [0.25, 0.3) is 11.3 Å². The van der Waals surface area contributed by atoms with Crippen LogP contribution in [0.1, 0.15) is 42.7 Å². The van der Waals surface area contributed by atoms with Gasteiger partial charge in [0.05, 0.1) is 18.3 Å². The molecule has 0 spiro atoms. The van der Waals surface area contributed by atoms with Crippen LogP contribution in [-0.4, -0.2) is 36.6 Å². The van der Waals surface area contributed by atoms with Crippen molar-refractivity contribution in [3.63, 3.8) is 0 Å². The molecule has 0 aliphatic carbocycles. The second-order valence-corrected chi connectivity index (χ2v) is 8.60. The van der Waals surface area contributed by atoms with Gasteiger partial charge in [-0.3, -0.25) is 0 Å². The van der Waals surface area contributed by atoms with Crippen LogP contribution in [0.3, 0.4) is 0 Å². The number of hydrogen-bond acceptors (Lipinski definition) is 4. The SMILES string of the molecule is COc1ccccc1C1CCN(CCCCc2ccc(-c3cscn3)cc2)CC1. The van der Waals surface area contributed by atoms with Crippen LogP contribution in [0.2, 0.25) is 0 Å². The topological polar surface area (TPSA) is 25.4 Å². The van der Waals surface area contributed by atoms with E-state index in [9.17, 15) is 0 Å². The highest BCUT2D eigenvalue weighted by Gasteiger charge is 2.22. The molecule has 0 N–H and O–H groups in total. The first-order valence-corrected chi connectivity index (χ1v) is 11.6. The van der Waals surface area contributed by atoms with Crippen molar-refractivity contribution in [3.8, 4) is 17.0 Å². The van der Waals surface area contributed by atoms with E-state index in [0.29, 0.717) is 5.92 Å². The molecular weight excluding hydrogens is 376 g/mol. The maximum atomic E-state index is 5.56. The molecule has 0 unspecified atom stereocenters. The van der Waals surface area contributed by atoms with Gasteiger partial charge in [0, 0.05) is 10.9 Å². The third-order valence-electron chi connectivity index (χ3n) is 6.04. The number of likely N-dealkylation sites (tertiary alicyclic amines) is 1. The van der Waals surface area contributed by atoms with E-state index in [1.165, 1.54) is 62.0 Å². The summed E-state index contributed by atoms with van der Waals surface area (Å²) in [6.45, 7) is 3.62. The summed E-state index contributed by atoms with van der Waals surface area (Å²) in [5.41, 5.74) is 7.00. The highest BCUT2D eigenvalue weighted by Crippen LogP contribution is 2.34. The first-order chi connectivity index (χ1) is 14.3. The van der Waals surface area contributed by atoms with Crippen LogP contribution in [0.5, 0.6) is 5.75 Å². The molecule has 0 amide bonds. The number of para-hydroxylation sites is 1. The number of ether oxygens (including phenoxy) is 1. The van der Waals surface area contributed by atoms with Gasteiger partial charge in [-0.25, -0.2) is 4.98 Å². The van der Waals surface area contributed by atoms with E-state index in [1.54, 1.807) is 18.4 Å². The summed E-state index contributed by atoms with van der Waals surface area (Å²) in [6.07, 6.45) is 6.15. The molecule has 0 atom stereocenters. The highest BCUT2D eigenvalue weighted by molar-refractivity contribution is 7.07. The van der Waals surface area contributed by atoms with Crippen molar-refractivity contribution < 1.29 is 4.74 Å². The molecule has 0 bridgehead atoms. The fraction of sp³-hybridized carbons (Fsp3) is 0.400. The zero-order chi connectivity index (χ0) is 19.9.